The van der Waals surface area contributed by atoms with Crippen molar-refractivity contribution in [3.8, 4) is 0 Å². The van der Waals surface area contributed by atoms with Gasteiger partial charge in [0.1, 0.15) is 0 Å². The lowest BCUT2D eigenvalue weighted by molar-refractivity contribution is -0.0278. The predicted octanol–water partition coefficient (Wildman–Crippen LogP) is 3.53. The van der Waals surface area contributed by atoms with E-state index in [9.17, 15) is 8.78 Å². The molecule has 0 amide bonds. The maximum atomic E-state index is 12.5. The van der Waals surface area contributed by atoms with E-state index in [2.05, 4.69) is 31.9 Å². The Hall–Kier alpha value is 0.480. The lowest BCUT2D eigenvalue weighted by Gasteiger charge is -2.14. The van der Waals surface area contributed by atoms with Crippen LogP contribution in [0.5, 0.6) is 0 Å². The van der Waals surface area contributed by atoms with E-state index < -0.39 is 10.9 Å². The highest BCUT2D eigenvalue weighted by Crippen LogP contribution is 2.41. The number of aliphatic hydroxyl groups is 1. The molecule has 0 aliphatic carbocycles. The molecule has 1 nitrogen and oxygen atoms in total. The first-order valence-corrected chi connectivity index (χ1v) is 5.37. The number of halogens is 4. The largest absolute Gasteiger partial charge is 0.380 e. The lowest BCUT2D eigenvalue weighted by Crippen LogP contribution is -2.17. The Kier molecular flexibility index (Phi) is 3.25. The highest BCUT2D eigenvalue weighted by Gasteiger charge is 2.37. The van der Waals surface area contributed by atoms with Crippen LogP contribution in [0.15, 0.2) is 15.9 Å². The summed E-state index contributed by atoms with van der Waals surface area (Å²) in [6.45, 7) is 0. The van der Waals surface area contributed by atoms with Gasteiger partial charge in [0.2, 0.25) is 0 Å². The third kappa shape index (κ3) is 2.25. The van der Waals surface area contributed by atoms with Gasteiger partial charge in [-0.3, -0.25) is 0 Å². The molecule has 1 rings (SSSR count). The van der Waals surface area contributed by atoms with Crippen LogP contribution in [0.1, 0.15) is 11.0 Å². The standard InChI is InChI=1S/C6H4Br2F2OS/c7-3-1-2-12-4(3)5(11)6(8,9)10/h1-2,5,11H. The van der Waals surface area contributed by atoms with Crippen molar-refractivity contribution in [3.63, 3.8) is 0 Å². The van der Waals surface area contributed by atoms with Crippen molar-refractivity contribution in [1.29, 1.82) is 0 Å². The Morgan fingerprint density at radius 2 is 2.17 bits per heavy atom. The third-order valence-electron chi connectivity index (χ3n) is 1.20. The summed E-state index contributed by atoms with van der Waals surface area (Å²) in [6.07, 6.45) is -1.80. The van der Waals surface area contributed by atoms with Gasteiger partial charge < -0.3 is 5.11 Å². The molecule has 1 unspecified atom stereocenters. The summed E-state index contributed by atoms with van der Waals surface area (Å²) in [6, 6.07) is 1.61. The minimum Gasteiger partial charge on any atom is -0.380 e. The van der Waals surface area contributed by atoms with Gasteiger partial charge >= 0.3 is 4.83 Å². The maximum absolute atomic E-state index is 12.5. The SMILES string of the molecule is OC(c1sccc1Br)C(F)(F)Br. The molecule has 0 radical (unpaired) electrons. The first-order chi connectivity index (χ1) is 5.43. The fourth-order valence-electron chi connectivity index (χ4n) is 0.649. The summed E-state index contributed by atoms with van der Waals surface area (Å²) in [7, 11) is 0. The molecule has 1 aromatic heterocycles. The van der Waals surface area contributed by atoms with Gasteiger partial charge in [0.05, 0.1) is 4.88 Å². The molecule has 0 bridgehead atoms. The summed E-state index contributed by atoms with van der Waals surface area (Å²) in [5.41, 5.74) is 0. The van der Waals surface area contributed by atoms with E-state index in [4.69, 9.17) is 5.11 Å². The second kappa shape index (κ2) is 3.69. The molecule has 0 saturated heterocycles. The first kappa shape index (κ1) is 10.6. The molecule has 0 fully saturated rings. The highest BCUT2D eigenvalue weighted by atomic mass is 79.9. The molecule has 12 heavy (non-hydrogen) atoms. The summed E-state index contributed by atoms with van der Waals surface area (Å²) < 4.78 is 25.5. The summed E-state index contributed by atoms with van der Waals surface area (Å²) >= 11 is 6.24. The molecule has 1 aromatic rings. The van der Waals surface area contributed by atoms with Crippen LogP contribution in [-0.4, -0.2) is 9.94 Å². The molecule has 0 spiro atoms. The number of alkyl halides is 3. The van der Waals surface area contributed by atoms with Crippen LogP contribution in [0.4, 0.5) is 8.78 Å². The Morgan fingerprint density at radius 1 is 1.58 bits per heavy atom. The van der Waals surface area contributed by atoms with Crippen molar-refractivity contribution in [2.45, 2.75) is 10.9 Å². The summed E-state index contributed by atoms with van der Waals surface area (Å²) in [4.78, 5) is -3.06. The minimum absolute atomic E-state index is 0.219. The van der Waals surface area contributed by atoms with Crippen LogP contribution in [0, 0.1) is 0 Å². The zero-order valence-electron chi connectivity index (χ0n) is 5.60. The Morgan fingerprint density at radius 3 is 2.50 bits per heavy atom. The van der Waals surface area contributed by atoms with Crippen LogP contribution in [0.3, 0.4) is 0 Å². The van der Waals surface area contributed by atoms with Gasteiger partial charge in [0.15, 0.2) is 6.10 Å². The van der Waals surface area contributed by atoms with E-state index in [0.717, 1.165) is 11.3 Å². The second-order valence-corrected chi connectivity index (χ2v) is 4.94. The zero-order valence-corrected chi connectivity index (χ0v) is 9.59. The molecule has 0 saturated carbocycles. The topological polar surface area (TPSA) is 20.2 Å². The highest BCUT2D eigenvalue weighted by molar-refractivity contribution is 9.10. The smallest absolute Gasteiger partial charge is 0.331 e. The van der Waals surface area contributed by atoms with Crippen LogP contribution in [0.2, 0.25) is 0 Å². The molecular weight excluding hydrogens is 318 g/mol. The summed E-state index contributed by atoms with van der Waals surface area (Å²) in [5, 5.41) is 10.7. The van der Waals surface area contributed by atoms with Crippen molar-refractivity contribution >= 4 is 43.2 Å². The van der Waals surface area contributed by atoms with E-state index in [1.165, 1.54) is 0 Å². The monoisotopic (exact) mass is 320 g/mol. The first-order valence-electron chi connectivity index (χ1n) is 2.90. The van der Waals surface area contributed by atoms with Gasteiger partial charge in [-0.05, 0) is 43.3 Å². The maximum Gasteiger partial charge on any atom is 0.331 e. The Balaban J connectivity index is 2.92. The van der Waals surface area contributed by atoms with Gasteiger partial charge in [0.25, 0.3) is 0 Å². The van der Waals surface area contributed by atoms with E-state index in [-0.39, 0.29) is 4.88 Å². The van der Waals surface area contributed by atoms with Gasteiger partial charge in [0, 0.05) is 4.47 Å². The normalized spacial score (nSPS) is 14.8. The van der Waals surface area contributed by atoms with E-state index in [0.29, 0.717) is 4.47 Å². The average Bonchev–Trinajstić information content (AvgIpc) is 2.31. The molecule has 0 aliphatic rings. The van der Waals surface area contributed by atoms with Crippen molar-refractivity contribution in [1.82, 2.24) is 0 Å². The van der Waals surface area contributed by atoms with E-state index >= 15 is 0 Å². The third-order valence-corrected chi connectivity index (χ3v) is 3.56. The van der Waals surface area contributed by atoms with Crippen molar-refractivity contribution < 1.29 is 13.9 Å². The fraction of sp³-hybridized carbons (Fsp3) is 0.333. The average molecular weight is 322 g/mol. The van der Waals surface area contributed by atoms with Crippen LogP contribution in [0.25, 0.3) is 0 Å². The number of aliphatic hydroxyl groups excluding tert-OH is 1. The molecule has 0 aliphatic heterocycles. The van der Waals surface area contributed by atoms with Gasteiger partial charge in [-0.15, -0.1) is 11.3 Å². The Labute approximate surface area is 88.7 Å². The zero-order chi connectivity index (χ0) is 9.35. The minimum atomic E-state index is -3.28. The molecule has 1 heterocycles. The summed E-state index contributed by atoms with van der Waals surface area (Å²) in [5.74, 6) is 0. The lowest BCUT2D eigenvalue weighted by atomic mass is 10.3. The van der Waals surface area contributed by atoms with Crippen molar-refractivity contribution in [2.75, 3.05) is 0 Å². The molecule has 1 N–H and O–H groups in total. The van der Waals surface area contributed by atoms with Crippen molar-refractivity contribution in [2.24, 2.45) is 0 Å². The number of thiophene rings is 1. The van der Waals surface area contributed by atoms with Gasteiger partial charge in [-0.2, -0.15) is 8.78 Å². The number of hydrogen-bond acceptors (Lipinski definition) is 2. The number of rotatable bonds is 2. The quantitative estimate of drug-likeness (QED) is 0.826. The molecule has 68 valence electrons. The van der Waals surface area contributed by atoms with E-state index in [1.807, 2.05) is 0 Å². The van der Waals surface area contributed by atoms with Crippen LogP contribution in [-0.2, 0) is 0 Å². The fourth-order valence-corrected chi connectivity index (χ4v) is 2.64. The molecule has 0 aromatic carbocycles. The number of hydrogen-bond donors (Lipinski definition) is 1. The Bertz CT molecular complexity index is 271. The molecule has 6 heteroatoms. The van der Waals surface area contributed by atoms with Gasteiger partial charge in [-0.1, -0.05) is 0 Å². The van der Waals surface area contributed by atoms with E-state index in [1.54, 1.807) is 11.4 Å². The van der Waals surface area contributed by atoms with Gasteiger partial charge in [-0.25, -0.2) is 0 Å². The van der Waals surface area contributed by atoms with Crippen molar-refractivity contribution in [3.05, 3.63) is 20.8 Å². The second-order valence-electron chi connectivity index (χ2n) is 2.08. The molecular formula is C6H4Br2F2OS. The van der Waals surface area contributed by atoms with Crippen LogP contribution < -0.4 is 0 Å². The van der Waals surface area contributed by atoms with Crippen LogP contribution >= 0.6 is 43.2 Å². The predicted molar refractivity (Wildman–Crippen MR) is 50.9 cm³/mol. The molecule has 1 atom stereocenters.